The van der Waals surface area contributed by atoms with Crippen molar-refractivity contribution in [2.45, 2.75) is 13.5 Å². The van der Waals surface area contributed by atoms with E-state index in [2.05, 4.69) is 15.3 Å². The van der Waals surface area contributed by atoms with Crippen molar-refractivity contribution in [2.75, 3.05) is 5.73 Å². The number of nitrogens with two attached hydrogens (primary N) is 1. The zero-order valence-corrected chi connectivity index (χ0v) is 10.4. The van der Waals surface area contributed by atoms with Crippen LogP contribution in [0.15, 0.2) is 30.6 Å². The molecule has 1 aromatic heterocycles. The Balaban J connectivity index is 2.05. The number of carbonyl (C=O) groups is 1. The summed E-state index contributed by atoms with van der Waals surface area (Å²) in [6, 6.07) is 4.24. The van der Waals surface area contributed by atoms with Crippen LogP contribution in [0.5, 0.6) is 5.75 Å². The maximum atomic E-state index is 11.9. The standard InChI is InChI=1S/C13H14N4O2/c1-8-5-16-9(6-15-8)7-17-13(19)11-4-10(18)2-3-12(11)14/h2-6,18H,7,14H2,1H3,(H,17,19). The molecular weight excluding hydrogens is 244 g/mol. The third kappa shape index (κ3) is 3.19. The number of hydrogen-bond acceptors (Lipinski definition) is 5. The van der Waals surface area contributed by atoms with Crippen molar-refractivity contribution in [3.05, 3.63) is 47.5 Å². The number of hydrogen-bond donors (Lipinski definition) is 3. The molecule has 1 heterocycles. The first-order valence-corrected chi connectivity index (χ1v) is 5.70. The second-order valence-electron chi connectivity index (χ2n) is 4.10. The average Bonchev–Trinajstić information content (AvgIpc) is 2.40. The number of carbonyl (C=O) groups excluding carboxylic acids is 1. The Labute approximate surface area is 110 Å². The number of aryl methyl sites for hydroxylation is 1. The highest BCUT2D eigenvalue weighted by Crippen LogP contribution is 2.18. The fourth-order valence-electron chi connectivity index (χ4n) is 1.52. The molecule has 6 nitrogen and oxygen atoms in total. The first-order valence-electron chi connectivity index (χ1n) is 5.70. The van der Waals surface area contributed by atoms with E-state index in [0.717, 1.165) is 5.69 Å². The van der Waals surface area contributed by atoms with Gasteiger partial charge >= 0.3 is 0 Å². The maximum absolute atomic E-state index is 11.9. The number of nitrogens with one attached hydrogen (secondary N) is 1. The van der Waals surface area contributed by atoms with E-state index >= 15 is 0 Å². The van der Waals surface area contributed by atoms with Gasteiger partial charge in [-0.05, 0) is 25.1 Å². The highest BCUT2D eigenvalue weighted by atomic mass is 16.3. The molecule has 0 aliphatic heterocycles. The number of benzene rings is 1. The molecule has 2 rings (SSSR count). The number of anilines is 1. The van der Waals surface area contributed by atoms with Crippen molar-refractivity contribution in [1.82, 2.24) is 15.3 Å². The molecule has 6 heteroatoms. The summed E-state index contributed by atoms with van der Waals surface area (Å²) in [4.78, 5) is 20.1. The van der Waals surface area contributed by atoms with Gasteiger partial charge in [0.25, 0.3) is 5.91 Å². The van der Waals surface area contributed by atoms with Gasteiger partial charge in [-0.25, -0.2) is 0 Å². The van der Waals surface area contributed by atoms with Crippen molar-refractivity contribution < 1.29 is 9.90 Å². The van der Waals surface area contributed by atoms with E-state index in [1.165, 1.54) is 18.2 Å². The summed E-state index contributed by atoms with van der Waals surface area (Å²) in [5, 5.41) is 12.0. The largest absolute Gasteiger partial charge is 0.508 e. The van der Waals surface area contributed by atoms with Crippen LogP contribution in [-0.2, 0) is 6.54 Å². The van der Waals surface area contributed by atoms with Crippen LogP contribution < -0.4 is 11.1 Å². The molecule has 0 saturated heterocycles. The number of aromatic nitrogens is 2. The Kier molecular flexibility index (Phi) is 3.61. The highest BCUT2D eigenvalue weighted by Gasteiger charge is 2.10. The predicted octanol–water partition coefficient (Wildman–Crippen LogP) is 1.00. The van der Waals surface area contributed by atoms with E-state index < -0.39 is 0 Å². The van der Waals surface area contributed by atoms with Crippen LogP contribution in [0.3, 0.4) is 0 Å². The molecule has 0 aliphatic rings. The van der Waals surface area contributed by atoms with Crippen LogP contribution >= 0.6 is 0 Å². The lowest BCUT2D eigenvalue weighted by molar-refractivity contribution is 0.0951. The van der Waals surface area contributed by atoms with Gasteiger partial charge in [0, 0.05) is 11.9 Å². The Hall–Kier alpha value is -2.63. The lowest BCUT2D eigenvalue weighted by atomic mass is 10.1. The van der Waals surface area contributed by atoms with E-state index in [4.69, 9.17) is 5.73 Å². The zero-order chi connectivity index (χ0) is 13.8. The second-order valence-corrected chi connectivity index (χ2v) is 4.10. The van der Waals surface area contributed by atoms with Crippen LogP contribution in [0.4, 0.5) is 5.69 Å². The third-order valence-corrected chi connectivity index (χ3v) is 2.55. The summed E-state index contributed by atoms with van der Waals surface area (Å²) < 4.78 is 0. The Bertz CT molecular complexity index is 596. The zero-order valence-electron chi connectivity index (χ0n) is 10.4. The lowest BCUT2D eigenvalue weighted by Gasteiger charge is -2.07. The maximum Gasteiger partial charge on any atom is 0.253 e. The average molecular weight is 258 g/mol. The molecule has 0 unspecified atom stereocenters. The van der Waals surface area contributed by atoms with Gasteiger partial charge in [-0.1, -0.05) is 0 Å². The number of amides is 1. The SMILES string of the molecule is Cc1cnc(CNC(=O)c2cc(O)ccc2N)cn1. The summed E-state index contributed by atoms with van der Waals surface area (Å²) in [5.74, 6) is -0.370. The summed E-state index contributed by atoms with van der Waals surface area (Å²) in [5.41, 5.74) is 7.69. The number of phenolic OH excluding ortho intramolecular Hbond substituents is 1. The van der Waals surface area contributed by atoms with Gasteiger partial charge in [0.1, 0.15) is 5.75 Å². The van der Waals surface area contributed by atoms with Crippen LogP contribution in [0.1, 0.15) is 21.7 Å². The minimum absolute atomic E-state index is 0.00511. The van der Waals surface area contributed by atoms with E-state index in [1.54, 1.807) is 12.4 Å². The monoisotopic (exact) mass is 258 g/mol. The van der Waals surface area contributed by atoms with Gasteiger partial charge in [0.05, 0.1) is 29.7 Å². The predicted molar refractivity (Wildman–Crippen MR) is 70.5 cm³/mol. The normalized spacial score (nSPS) is 10.2. The number of nitrogen functional groups attached to an aromatic ring is 1. The number of aromatic hydroxyl groups is 1. The van der Waals surface area contributed by atoms with Crippen molar-refractivity contribution in [1.29, 1.82) is 0 Å². The molecule has 0 bridgehead atoms. The summed E-state index contributed by atoms with van der Waals surface area (Å²) in [6.45, 7) is 2.09. The summed E-state index contributed by atoms with van der Waals surface area (Å²) in [6.07, 6.45) is 3.23. The lowest BCUT2D eigenvalue weighted by Crippen LogP contribution is -2.24. The molecule has 2 aromatic rings. The molecule has 0 fully saturated rings. The van der Waals surface area contributed by atoms with Gasteiger partial charge in [0.15, 0.2) is 0 Å². The second kappa shape index (κ2) is 5.34. The Morgan fingerprint density at radius 2 is 2.16 bits per heavy atom. The van der Waals surface area contributed by atoms with Gasteiger partial charge in [-0.15, -0.1) is 0 Å². The van der Waals surface area contributed by atoms with Gasteiger partial charge < -0.3 is 16.2 Å². The summed E-state index contributed by atoms with van der Waals surface area (Å²) >= 11 is 0. The third-order valence-electron chi connectivity index (χ3n) is 2.55. The minimum atomic E-state index is -0.365. The van der Waals surface area contributed by atoms with E-state index in [-0.39, 0.29) is 23.8 Å². The molecule has 1 amide bonds. The smallest absolute Gasteiger partial charge is 0.253 e. The van der Waals surface area contributed by atoms with E-state index in [0.29, 0.717) is 11.4 Å². The van der Waals surface area contributed by atoms with E-state index in [9.17, 15) is 9.90 Å². The molecule has 98 valence electrons. The molecule has 19 heavy (non-hydrogen) atoms. The topological polar surface area (TPSA) is 101 Å². The number of rotatable bonds is 3. The van der Waals surface area contributed by atoms with Crippen molar-refractivity contribution in [2.24, 2.45) is 0 Å². The van der Waals surface area contributed by atoms with Crippen LogP contribution in [0.25, 0.3) is 0 Å². The molecule has 0 aliphatic carbocycles. The van der Waals surface area contributed by atoms with Crippen molar-refractivity contribution in [3.8, 4) is 5.75 Å². The quantitative estimate of drug-likeness (QED) is 0.563. The summed E-state index contributed by atoms with van der Waals surface area (Å²) in [7, 11) is 0. The molecule has 0 atom stereocenters. The fourth-order valence-corrected chi connectivity index (χ4v) is 1.52. The molecule has 0 radical (unpaired) electrons. The van der Waals surface area contributed by atoms with Crippen molar-refractivity contribution >= 4 is 11.6 Å². The first-order chi connectivity index (χ1) is 9.06. The van der Waals surface area contributed by atoms with Gasteiger partial charge in [0.2, 0.25) is 0 Å². The number of nitrogens with zero attached hydrogens (tertiary/aromatic N) is 2. The molecular formula is C13H14N4O2. The van der Waals surface area contributed by atoms with Crippen LogP contribution in [-0.4, -0.2) is 21.0 Å². The molecule has 1 aromatic carbocycles. The number of phenols is 1. The highest BCUT2D eigenvalue weighted by molar-refractivity contribution is 5.99. The molecule has 0 spiro atoms. The molecule has 4 N–H and O–H groups in total. The van der Waals surface area contributed by atoms with Gasteiger partial charge in [-0.2, -0.15) is 0 Å². The first kappa shape index (κ1) is 12.8. The molecule has 0 saturated carbocycles. The Morgan fingerprint density at radius 3 is 2.84 bits per heavy atom. The minimum Gasteiger partial charge on any atom is -0.508 e. The Morgan fingerprint density at radius 1 is 1.37 bits per heavy atom. The van der Waals surface area contributed by atoms with Crippen molar-refractivity contribution in [3.63, 3.8) is 0 Å². The fraction of sp³-hybridized carbons (Fsp3) is 0.154. The van der Waals surface area contributed by atoms with Crippen LogP contribution in [0.2, 0.25) is 0 Å². The van der Waals surface area contributed by atoms with Crippen LogP contribution in [0, 0.1) is 6.92 Å². The van der Waals surface area contributed by atoms with E-state index in [1.807, 2.05) is 6.92 Å². The van der Waals surface area contributed by atoms with Gasteiger partial charge in [-0.3, -0.25) is 14.8 Å².